The van der Waals surface area contributed by atoms with Crippen LogP contribution in [0.3, 0.4) is 0 Å². The highest BCUT2D eigenvalue weighted by Gasteiger charge is 2.31. The van der Waals surface area contributed by atoms with E-state index in [1.807, 2.05) is 65.0 Å². The summed E-state index contributed by atoms with van der Waals surface area (Å²) in [6.07, 6.45) is 3.30. The number of nitrogens with zero attached hydrogens (tertiary/aromatic N) is 2. The van der Waals surface area contributed by atoms with Crippen molar-refractivity contribution in [2.45, 2.75) is 66.5 Å². The van der Waals surface area contributed by atoms with Gasteiger partial charge in [-0.1, -0.05) is 56.2 Å². The van der Waals surface area contributed by atoms with Gasteiger partial charge in [-0.15, -0.1) is 0 Å². The fraction of sp³-hybridized carbons (Fsp3) is 0.481. The first-order valence-corrected chi connectivity index (χ1v) is 14.0. The Kier molecular flexibility index (Phi) is 10.3. The summed E-state index contributed by atoms with van der Waals surface area (Å²) in [6, 6.07) is 12.4. The van der Waals surface area contributed by atoms with Crippen LogP contribution in [-0.2, 0) is 26.2 Å². The Hall–Kier alpha value is -2.87. The third-order valence-corrected chi connectivity index (χ3v) is 7.29. The molecule has 0 aliphatic heterocycles. The van der Waals surface area contributed by atoms with Crippen LogP contribution in [0.5, 0.6) is 0 Å². The Balaban J connectivity index is 2.41. The molecule has 0 radical (unpaired) electrons. The second-order valence-corrected chi connectivity index (χ2v) is 11.0. The average Bonchev–Trinajstić information content (AvgIpc) is 2.80. The normalized spacial score (nSPS) is 12.2. The summed E-state index contributed by atoms with van der Waals surface area (Å²) in [6.45, 7) is 10.1. The second kappa shape index (κ2) is 12.7. The number of sulfonamides is 1. The van der Waals surface area contributed by atoms with E-state index in [-0.39, 0.29) is 19.0 Å². The maximum Gasteiger partial charge on any atom is 0.244 e. The fourth-order valence-electron chi connectivity index (χ4n) is 3.81. The molecule has 2 aromatic rings. The summed E-state index contributed by atoms with van der Waals surface area (Å²) < 4.78 is 26.5. The van der Waals surface area contributed by atoms with Gasteiger partial charge in [0.2, 0.25) is 21.8 Å². The van der Waals surface area contributed by atoms with Gasteiger partial charge in [0.1, 0.15) is 12.6 Å². The largest absolute Gasteiger partial charge is 0.354 e. The number of hydrogen-bond acceptors (Lipinski definition) is 4. The summed E-state index contributed by atoms with van der Waals surface area (Å²) in [5, 5.41) is 2.93. The number of carbonyl (C=O) groups excluding carboxylic acids is 2. The fourth-order valence-corrected chi connectivity index (χ4v) is 4.65. The SMILES string of the molecule is CCCCNC(=O)[C@H](CC)N(Cc1ccc(C)cc1)C(=O)CN(c1ccc(C)c(C)c1)S(C)(=O)=O. The zero-order valence-electron chi connectivity index (χ0n) is 21.8. The summed E-state index contributed by atoms with van der Waals surface area (Å²) in [7, 11) is -3.74. The highest BCUT2D eigenvalue weighted by molar-refractivity contribution is 7.92. The minimum atomic E-state index is -3.74. The molecule has 0 aliphatic carbocycles. The van der Waals surface area contributed by atoms with Crippen LogP contribution in [0.25, 0.3) is 0 Å². The molecular formula is C27H39N3O4S. The number of benzene rings is 2. The lowest BCUT2D eigenvalue weighted by Gasteiger charge is -2.33. The number of carbonyl (C=O) groups is 2. The summed E-state index contributed by atoms with van der Waals surface area (Å²) in [5.41, 5.74) is 4.36. The summed E-state index contributed by atoms with van der Waals surface area (Å²) >= 11 is 0. The quantitative estimate of drug-likeness (QED) is 0.444. The molecule has 192 valence electrons. The van der Waals surface area contributed by atoms with Crippen LogP contribution < -0.4 is 9.62 Å². The topological polar surface area (TPSA) is 86.8 Å². The molecule has 0 heterocycles. The molecule has 0 unspecified atom stereocenters. The molecule has 7 nitrogen and oxygen atoms in total. The van der Waals surface area contributed by atoms with Gasteiger partial charge in [0.25, 0.3) is 0 Å². The van der Waals surface area contributed by atoms with Gasteiger partial charge < -0.3 is 10.2 Å². The van der Waals surface area contributed by atoms with Crippen molar-refractivity contribution in [2.24, 2.45) is 0 Å². The zero-order valence-corrected chi connectivity index (χ0v) is 22.6. The van der Waals surface area contributed by atoms with E-state index in [0.717, 1.165) is 45.7 Å². The molecule has 0 fully saturated rings. The van der Waals surface area contributed by atoms with E-state index in [2.05, 4.69) is 5.32 Å². The third-order valence-electron chi connectivity index (χ3n) is 6.15. The molecule has 8 heteroatoms. The van der Waals surface area contributed by atoms with Crippen LogP contribution in [0.1, 0.15) is 55.4 Å². The summed E-state index contributed by atoms with van der Waals surface area (Å²) in [5.74, 6) is -0.648. The molecule has 1 atom stereocenters. The Morgan fingerprint density at radius 1 is 0.971 bits per heavy atom. The van der Waals surface area contributed by atoms with Crippen molar-refractivity contribution in [1.29, 1.82) is 0 Å². The van der Waals surface area contributed by atoms with Gasteiger partial charge in [-0.2, -0.15) is 0 Å². The van der Waals surface area contributed by atoms with Gasteiger partial charge in [-0.3, -0.25) is 13.9 Å². The number of unbranched alkanes of at least 4 members (excludes halogenated alkanes) is 1. The van der Waals surface area contributed by atoms with E-state index in [9.17, 15) is 18.0 Å². The van der Waals surface area contributed by atoms with Crippen LogP contribution in [0, 0.1) is 20.8 Å². The number of anilines is 1. The first-order valence-electron chi connectivity index (χ1n) is 12.2. The molecule has 0 aromatic heterocycles. The van der Waals surface area contributed by atoms with Crippen molar-refractivity contribution >= 4 is 27.5 Å². The van der Waals surface area contributed by atoms with Crippen LogP contribution in [0.15, 0.2) is 42.5 Å². The van der Waals surface area contributed by atoms with Crippen molar-refractivity contribution in [3.8, 4) is 0 Å². The second-order valence-electron chi connectivity index (χ2n) is 9.11. The molecule has 0 bridgehead atoms. The van der Waals surface area contributed by atoms with Gasteiger partial charge in [0.05, 0.1) is 11.9 Å². The molecule has 2 amide bonds. The maximum atomic E-state index is 13.7. The Morgan fingerprint density at radius 2 is 1.63 bits per heavy atom. The third kappa shape index (κ3) is 8.09. The Morgan fingerprint density at radius 3 is 2.17 bits per heavy atom. The first kappa shape index (κ1) is 28.4. The number of hydrogen-bond donors (Lipinski definition) is 1. The average molecular weight is 502 g/mol. The molecular weight excluding hydrogens is 462 g/mol. The van der Waals surface area contributed by atoms with Gasteiger partial charge in [-0.25, -0.2) is 8.42 Å². The van der Waals surface area contributed by atoms with Gasteiger partial charge in [-0.05, 0) is 62.4 Å². The van der Waals surface area contributed by atoms with Crippen molar-refractivity contribution in [2.75, 3.05) is 23.7 Å². The minimum Gasteiger partial charge on any atom is -0.354 e. The van der Waals surface area contributed by atoms with E-state index in [4.69, 9.17) is 0 Å². The first-order chi connectivity index (χ1) is 16.5. The molecule has 2 rings (SSSR count). The van der Waals surface area contributed by atoms with Crippen molar-refractivity contribution in [1.82, 2.24) is 10.2 Å². The van der Waals surface area contributed by atoms with Crippen LogP contribution >= 0.6 is 0 Å². The molecule has 1 N–H and O–H groups in total. The molecule has 0 aliphatic rings. The number of nitrogens with one attached hydrogen (secondary N) is 1. The highest BCUT2D eigenvalue weighted by Crippen LogP contribution is 2.22. The predicted molar refractivity (Wildman–Crippen MR) is 142 cm³/mol. The van der Waals surface area contributed by atoms with Crippen LogP contribution in [0.2, 0.25) is 0 Å². The lowest BCUT2D eigenvalue weighted by molar-refractivity contribution is -0.140. The number of aryl methyl sites for hydroxylation is 3. The van der Waals surface area contributed by atoms with Crippen molar-refractivity contribution in [3.05, 3.63) is 64.7 Å². The predicted octanol–water partition coefficient (Wildman–Crippen LogP) is 4.10. The van der Waals surface area contributed by atoms with E-state index in [0.29, 0.717) is 18.7 Å². The smallest absolute Gasteiger partial charge is 0.244 e. The molecule has 0 spiro atoms. The Bertz CT molecular complexity index is 1110. The Labute approximate surface area is 210 Å². The van der Waals surface area contributed by atoms with Crippen molar-refractivity contribution in [3.63, 3.8) is 0 Å². The lowest BCUT2D eigenvalue weighted by Crippen LogP contribution is -2.52. The van der Waals surface area contributed by atoms with Crippen LogP contribution in [-0.4, -0.2) is 50.5 Å². The zero-order chi connectivity index (χ0) is 26.2. The number of rotatable bonds is 12. The van der Waals surface area contributed by atoms with Crippen molar-refractivity contribution < 1.29 is 18.0 Å². The van der Waals surface area contributed by atoms with Gasteiger partial charge in [0.15, 0.2) is 0 Å². The van der Waals surface area contributed by atoms with E-state index >= 15 is 0 Å². The molecule has 0 saturated carbocycles. The van der Waals surface area contributed by atoms with E-state index < -0.39 is 22.0 Å². The highest BCUT2D eigenvalue weighted by atomic mass is 32.2. The monoisotopic (exact) mass is 501 g/mol. The maximum absolute atomic E-state index is 13.7. The van der Waals surface area contributed by atoms with Gasteiger partial charge in [0, 0.05) is 13.1 Å². The standard InChI is InChI=1S/C27H39N3O4S/c1-7-9-16-28-27(32)25(8-2)29(18-23-13-10-20(3)11-14-23)26(31)19-30(35(6,33)34)24-15-12-21(4)22(5)17-24/h10-15,17,25H,7-9,16,18-19H2,1-6H3,(H,28,32)/t25-/m0/s1. The van der Waals surface area contributed by atoms with E-state index in [1.165, 1.54) is 4.90 Å². The van der Waals surface area contributed by atoms with E-state index in [1.54, 1.807) is 12.1 Å². The number of amides is 2. The summed E-state index contributed by atoms with van der Waals surface area (Å²) in [4.78, 5) is 28.2. The van der Waals surface area contributed by atoms with Crippen LogP contribution in [0.4, 0.5) is 5.69 Å². The molecule has 35 heavy (non-hydrogen) atoms. The van der Waals surface area contributed by atoms with Gasteiger partial charge >= 0.3 is 0 Å². The molecule has 0 saturated heterocycles. The molecule has 2 aromatic carbocycles. The minimum absolute atomic E-state index is 0.212. The lowest BCUT2D eigenvalue weighted by atomic mass is 10.1.